The Hall–Kier alpha value is -3.74. The highest BCUT2D eigenvalue weighted by Gasteiger charge is 2.20. The van der Waals surface area contributed by atoms with Gasteiger partial charge in [-0.25, -0.2) is 4.79 Å². The van der Waals surface area contributed by atoms with Crippen molar-refractivity contribution in [2.45, 2.75) is 26.9 Å². The Morgan fingerprint density at radius 3 is 2.06 bits per heavy atom. The molecule has 0 aliphatic heterocycles. The van der Waals surface area contributed by atoms with Crippen molar-refractivity contribution in [2.24, 2.45) is 0 Å². The van der Waals surface area contributed by atoms with Crippen molar-refractivity contribution >= 4 is 17.6 Å². The second-order valence-electron chi connectivity index (χ2n) is 7.10. The molecule has 0 bridgehead atoms. The van der Waals surface area contributed by atoms with Gasteiger partial charge in [-0.1, -0.05) is 0 Å². The number of amides is 1. The van der Waals surface area contributed by atoms with E-state index in [2.05, 4.69) is 9.88 Å². The SMILES string of the molecule is COc1ccc(NC(=O)[C@H](C)OC(=O)c2ccc(-n3c(C)ccc3C)cc2)cc1OC. The zero-order valence-corrected chi connectivity index (χ0v) is 18.3. The Morgan fingerprint density at radius 1 is 0.871 bits per heavy atom. The lowest BCUT2D eigenvalue weighted by molar-refractivity contribution is -0.123. The highest BCUT2D eigenvalue weighted by atomic mass is 16.5. The molecule has 0 spiro atoms. The number of carbonyl (C=O) groups excluding carboxylic acids is 2. The molecule has 0 aliphatic rings. The summed E-state index contributed by atoms with van der Waals surface area (Å²) in [5, 5.41) is 2.71. The number of methoxy groups -OCH3 is 2. The molecule has 0 saturated heterocycles. The van der Waals surface area contributed by atoms with Gasteiger partial charge in [0.25, 0.3) is 5.91 Å². The monoisotopic (exact) mass is 422 g/mol. The highest BCUT2D eigenvalue weighted by Crippen LogP contribution is 2.29. The Balaban J connectivity index is 1.64. The van der Waals surface area contributed by atoms with E-state index in [4.69, 9.17) is 14.2 Å². The van der Waals surface area contributed by atoms with Crippen LogP contribution in [-0.4, -0.2) is 36.8 Å². The lowest BCUT2D eigenvalue weighted by Gasteiger charge is -2.15. The van der Waals surface area contributed by atoms with Gasteiger partial charge in [-0.05, 0) is 69.3 Å². The molecule has 1 aromatic heterocycles. The van der Waals surface area contributed by atoms with Crippen LogP contribution in [0, 0.1) is 13.8 Å². The number of aryl methyl sites for hydroxylation is 2. The summed E-state index contributed by atoms with van der Waals surface area (Å²) in [5.74, 6) is 0.0187. The van der Waals surface area contributed by atoms with Crippen molar-refractivity contribution in [3.63, 3.8) is 0 Å². The van der Waals surface area contributed by atoms with Crippen LogP contribution in [-0.2, 0) is 9.53 Å². The average Bonchev–Trinajstić information content (AvgIpc) is 3.11. The number of ether oxygens (including phenoxy) is 3. The maximum absolute atomic E-state index is 12.5. The van der Waals surface area contributed by atoms with E-state index in [9.17, 15) is 9.59 Å². The molecule has 0 aliphatic carbocycles. The van der Waals surface area contributed by atoms with Gasteiger partial charge in [-0.15, -0.1) is 0 Å². The largest absolute Gasteiger partial charge is 0.493 e. The van der Waals surface area contributed by atoms with Gasteiger partial charge in [-0.3, -0.25) is 4.79 Å². The highest BCUT2D eigenvalue weighted by molar-refractivity contribution is 5.97. The van der Waals surface area contributed by atoms with Crippen LogP contribution < -0.4 is 14.8 Å². The molecule has 7 heteroatoms. The topological polar surface area (TPSA) is 78.8 Å². The molecule has 31 heavy (non-hydrogen) atoms. The van der Waals surface area contributed by atoms with Gasteiger partial charge < -0.3 is 24.1 Å². The number of esters is 1. The van der Waals surface area contributed by atoms with Gasteiger partial charge in [0, 0.05) is 28.8 Å². The van der Waals surface area contributed by atoms with Crippen LogP contribution in [0.3, 0.4) is 0 Å². The first kappa shape index (κ1) is 22.0. The van der Waals surface area contributed by atoms with Crippen molar-refractivity contribution in [1.82, 2.24) is 4.57 Å². The number of nitrogens with one attached hydrogen (secondary N) is 1. The van der Waals surface area contributed by atoms with E-state index in [1.54, 1.807) is 30.3 Å². The van der Waals surface area contributed by atoms with E-state index in [1.165, 1.54) is 21.1 Å². The van der Waals surface area contributed by atoms with Gasteiger partial charge in [0.15, 0.2) is 17.6 Å². The van der Waals surface area contributed by atoms with Crippen molar-refractivity contribution in [1.29, 1.82) is 0 Å². The molecule has 0 unspecified atom stereocenters. The molecule has 162 valence electrons. The van der Waals surface area contributed by atoms with Gasteiger partial charge in [0.1, 0.15) is 0 Å². The van der Waals surface area contributed by atoms with Gasteiger partial charge in [0.05, 0.1) is 19.8 Å². The summed E-state index contributed by atoms with van der Waals surface area (Å²) >= 11 is 0. The maximum atomic E-state index is 12.5. The second-order valence-corrected chi connectivity index (χ2v) is 7.10. The molecule has 3 aromatic rings. The third-order valence-electron chi connectivity index (χ3n) is 4.94. The molecule has 2 aromatic carbocycles. The molecule has 3 rings (SSSR count). The summed E-state index contributed by atoms with van der Waals surface area (Å²) in [6.45, 7) is 5.57. The van der Waals surface area contributed by atoms with Gasteiger partial charge in [0.2, 0.25) is 0 Å². The summed E-state index contributed by atoms with van der Waals surface area (Å²) in [6, 6.07) is 16.2. The lowest BCUT2D eigenvalue weighted by Crippen LogP contribution is -2.30. The number of benzene rings is 2. The fraction of sp³-hybridized carbons (Fsp3) is 0.250. The molecule has 0 fully saturated rings. The first-order valence-electron chi connectivity index (χ1n) is 9.83. The van der Waals surface area contributed by atoms with Crippen LogP contribution in [0.4, 0.5) is 5.69 Å². The smallest absolute Gasteiger partial charge is 0.338 e. The standard InChI is InChI=1S/C24H26N2O5/c1-15-6-7-16(2)26(15)20-11-8-18(9-12-20)24(28)31-17(3)23(27)25-19-10-13-21(29-4)22(14-19)30-5/h6-14,17H,1-5H3,(H,25,27)/t17-/m0/s1. The summed E-state index contributed by atoms with van der Waals surface area (Å²) in [5.41, 5.74) is 4.04. The lowest BCUT2D eigenvalue weighted by atomic mass is 10.2. The summed E-state index contributed by atoms with van der Waals surface area (Å²) in [6.07, 6.45) is -0.978. The molecule has 7 nitrogen and oxygen atoms in total. The normalized spacial score (nSPS) is 11.5. The fourth-order valence-corrected chi connectivity index (χ4v) is 3.26. The minimum absolute atomic E-state index is 0.372. The number of aromatic nitrogens is 1. The number of carbonyl (C=O) groups is 2. The molecular formula is C24H26N2O5. The Labute approximate surface area is 181 Å². The van der Waals surface area contributed by atoms with E-state index in [0.717, 1.165) is 17.1 Å². The Morgan fingerprint density at radius 2 is 1.48 bits per heavy atom. The van der Waals surface area contributed by atoms with Gasteiger partial charge >= 0.3 is 5.97 Å². The number of rotatable bonds is 7. The van der Waals surface area contributed by atoms with E-state index in [1.807, 2.05) is 38.1 Å². The molecular weight excluding hydrogens is 396 g/mol. The molecule has 1 amide bonds. The maximum Gasteiger partial charge on any atom is 0.338 e. The Kier molecular flexibility index (Phi) is 6.65. The van der Waals surface area contributed by atoms with Gasteiger partial charge in [-0.2, -0.15) is 0 Å². The third kappa shape index (κ3) is 4.88. The summed E-state index contributed by atoms with van der Waals surface area (Å²) in [7, 11) is 3.04. The zero-order valence-electron chi connectivity index (χ0n) is 18.3. The predicted octanol–water partition coefficient (Wildman–Crippen LogP) is 4.30. The van der Waals surface area contributed by atoms with Crippen molar-refractivity contribution in [3.8, 4) is 17.2 Å². The molecule has 0 saturated carbocycles. The number of hydrogen-bond acceptors (Lipinski definition) is 5. The van der Waals surface area contributed by atoms with Crippen LogP contribution in [0.2, 0.25) is 0 Å². The number of nitrogens with zero attached hydrogens (tertiary/aromatic N) is 1. The van der Waals surface area contributed by atoms with E-state index < -0.39 is 18.0 Å². The fourth-order valence-electron chi connectivity index (χ4n) is 3.26. The quantitative estimate of drug-likeness (QED) is 0.575. The van der Waals surface area contributed by atoms with E-state index in [-0.39, 0.29) is 0 Å². The zero-order chi connectivity index (χ0) is 22.5. The predicted molar refractivity (Wildman–Crippen MR) is 118 cm³/mol. The van der Waals surface area contributed by atoms with Crippen LogP contribution in [0.15, 0.2) is 54.6 Å². The third-order valence-corrected chi connectivity index (χ3v) is 4.94. The average molecular weight is 422 g/mol. The summed E-state index contributed by atoms with van der Waals surface area (Å²) in [4.78, 5) is 24.9. The van der Waals surface area contributed by atoms with Crippen LogP contribution in [0.25, 0.3) is 5.69 Å². The van der Waals surface area contributed by atoms with Crippen LogP contribution in [0.1, 0.15) is 28.7 Å². The first-order chi connectivity index (χ1) is 14.8. The molecule has 1 N–H and O–H groups in total. The van der Waals surface area contributed by atoms with Crippen molar-refractivity contribution < 1.29 is 23.8 Å². The molecule has 1 atom stereocenters. The van der Waals surface area contributed by atoms with E-state index >= 15 is 0 Å². The van der Waals surface area contributed by atoms with E-state index in [0.29, 0.717) is 22.7 Å². The number of hydrogen-bond donors (Lipinski definition) is 1. The molecule has 1 heterocycles. The molecule has 0 radical (unpaired) electrons. The Bertz CT molecular complexity index is 1070. The van der Waals surface area contributed by atoms with Crippen molar-refractivity contribution in [3.05, 3.63) is 71.5 Å². The van der Waals surface area contributed by atoms with Crippen LogP contribution in [0.5, 0.6) is 11.5 Å². The second kappa shape index (κ2) is 9.38. The first-order valence-corrected chi connectivity index (χ1v) is 9.83. The minimum Gasteiger partial charge on any atom is -0.493 e. The van der Waals surface area contributed by atoms with Crippen molar-refractivity contribution in [2.75, 3.05) is 19.5 Å². The number of anilines is 1. The minimum atomic E-state index is -0.978. The van der Waals surface area contributed by atoms with Crippen LogP contribution >= 0.6 is 0 Å². The summed E-state index contributed by atoms with van der Waals surface area (Å²) < 4.78 is 17.8.